The number of nitrogens with two attached hydrogens (primary N) is 1. The Morgan fingerprint density at radius 2 is 1.95 bits per heavy atom. The van der Waals surface area contributed by atoms with Gasteiger partial charge in [-0.3, -0.25) is 0 Å². The van der Waals surface area contributed by atoms with Gasteiger partial charge in [-0.05, 0) is 43.7 Å². The molecule has 0 fully saturated rings. The zero-order valence-electron chi connectivity index (χ0n) is 13.3. The second-order valence-corrected chi connectivity index (χ2v) is 5.95. The summed E-state index contributed by atoms with van der Waals surface area (Å²) in [6.45, 7) is 11.0. The topological polar surface area (TPSA) is 42.1 Å². The molecule has 0 saturated heterocycles. The smallest absolute Gasteiger partial charge is 0.131 e. The van der Waals surface area contributed by atoms with Gasteiger partial charge >= 0.3 is 0 Å². The maximum absolute atomic E-state index is 6.00. The van der Waals surface area contributed by atoms with E-state index in [-0.39, 0.29) is 6.04 Å². The van der Waals surface area contributed by atoms with E-state index in [9.17, 15) is 0 Å². The molecular formula is C16H29N3. The summed E-state index contributed by atoms with van der Waals surface area (Å²) in [6.07, 6.45) is 3.89. The number of hydrogen-bond acceptors (Lipinski definition) is 3. The fourth-order valence-corrected chi connectivity index (χ4v) is 2.19. The van der Waals surface area contributed by atoms with Gasteiger partial charge in [0.15, 0.2) is 0 Å². The summed E-state index contributed by atoms with van der Waals surface area (Å²) in [5, 5.41) is 0. The van der Waals surface area contributed by atoms with Crippen LogP contribution in [0.4, 0.5) is 5.82 Å². The number of nitrogens with zero attached hydrogens (tertiary/aromatic N) is 2. The van der Waals surface area contributed by atoms with Crippen molar-refractivity contribution in [3.05, 3.63) is 23.4 Å². The number of aromatic nitrogens is 1. The summed E-state index contributed by atoms with van der Waals surface area (Å²) < 4.78 is 0. The third-order valence-corrected chi connectivity index (χ3v) is 4.04. The lowest BCUT2D eigenvalue weighted by atomic mass is 10.0. The van der Waals surface area contributed by atoms with Crippen LogP contribution in [0, 0.1) is 12.8 Å². The van der Waals surface area contributed by atoms with E-state index in [4.69, 9.17) is 5.73 Å². The van der Waals surface area contributed by atoms with Crippen LogP contribution in [0.15, 0.2) is 12.3 Å². The predicted octanol–water partition coefficient (Wildman–Crippen LogP) is 3.15. The minimum Gasteiger partial charge on any atom is -0.357 e. The van der Waals surface area contributed by atoms with E-state index in [1.54, 1.807) is 0 Å². The highest BCUT2D eigenvalue weighted by Crippen LogP contribution is 2.22. The molecule has 19 heavy (non-hydrogen) atoms. The van der Waals surface area contributed by atoms with Crippen LogP contribution in [0.3, 0.4) is 0 Å². The van der Waals surface area contributed by atoms with Gasteiger partial charge < -0.3 is 10.6 Å². The Hall–Kier alpha value is -1.09. The summed E-state index contributed by atoms with van der Waals surface area (Å²) in [5.41, 5.74) is 8.47. The minimum absolute atomic E-state index is 0.236. The quantitative estimate of drug-likeness (QED) is 0.857. The zero-order chi connectivity index (χ0) is 14.6. The second kappa shape index (κ2) is 6.90. The van der Waals surface area contributed by atoms with Crippen molar-refractivity contribution < 1.29 is 0 Å². The van der Waals surface area contributed by atoms with Gasteiger partial charge in [-0.15, -0.1) is 0 Å². The molecule has 0 spiro atoms. The van der Waals surface area contributed by atoms with Gasteiger partial charge in [0.1, 0.15) is 5.82 Å². The van der Waals surface area contributed by atoms with Crippen LogP contribution in [-0.4, -0.2) is 24.1 Å². The van der Waals surface area contributed by atoms with Crippen molar-refractivity contribution in [1.29, 1.82) is 0 Å². The van der Waals surface area contributed by atoms with Crippen molar-refractivity contribution in [2.24, 2.45) is 11.7 Å². The van der Waals surface area contributed by atoms with E-state index >= 15 is 0 Å². The standard InChI is InChI=1S/C16H29N3/c1-7-15(17)9-14-8-12(4)16(18-10-14)19(6)13(5)11(2)3/h8,10-11,13,15H,7,9,17H2,1-6H3. The van der Waals surface area contributed by atoms with Crippen LogP contribution >= 0.6 is 0 Å². The van der Waals surface area contributed by atoms with Gasteiger partial charge in [0.05, 0.1) is 0 Å². The molecule has 1 rings (SSSR count). The first kappa shape index (κ1) is 16.0. The minimum atomic E-state index is 0.236. The Morgan fingerprint density at radius 1 is 1.32 bits per heavy atom. The zero-order valence-corrected chi connectivity index (χ0v) is 13.3. The lowest BCUT2D eigenvalue weighted by Crippen LogP contribution is -2.34. The molecule has 2 atom stereocenters. The summed E-state index contributed by atoms with van der Waals surface area (Å²) in [7, 11) is 2.12. The highest BCUT2D eigenvalue weighted by atomic mass is 15.2. The summed E-state index contributed by atoms with van der Waals surface area (Å²) in [4.78, 5) is 6.91. The highest BCUT2D eigenvalue weighted by molar-refractivity contribution is 5.47. The Balaban J connectivity index is 2.88. The van der Waals surface area contributed by atoms with Crippen molar-refractivity contribution >= 4 is 5.82 Å². The van der Waals surface area contributed by atoms with Crippen LogP contribution in [0.1, 0.15) is 45.2 Å². The molecule has 0 aliphatic heterocycles. The highest BCUT2D eigenvalue weighted by Gasteiger charge is 2.16. The molecule has 0 amide bonds. The molecule has 0 aliphatic rings. The van der Waals surface area contributed by atoms with Gasteiger partial charge in [0.2, 0.25) is 0 Å². The molecule has 0 saturated carbocycles. The predicted molar refractivity (Wildman–Crippen MR) is 83.6 cm³/mol. The van der Waals surface area contributed by atoms with E-state index in [0.717, 1.165) is 18.7 Å². The van der Waals surface area contributed by atoms with Gasteiger partial charge in [-0.1, -0.05) is 26.8 Å². The third-order valence-electron chi connectivity index (χ3n) is 4.04. The third kappa shape index (κ3) is 4.20. The van der Waals surface area contributed by atoms with Gasteiger partial charge in [0.25, 0.3) is 0 Å². The van der Waals surface area contributed by atoms with E-state index in [2.05, 4.69) is 57.6 Å². The molecular weight excluding hydrogens is 234 g/mol. The SMILES string of the molecule is CCC(N)Cc1cnc(N(C)C(C)C(C)C)c(C)c1. The lowest BCUT2D eigenvalue weighted by Gasteiger charge is -2.30. The maximum Gasteiger partial charge on any atom is 0.131 e. The lowest BCUT2D eigenvalue weighted by molar-refractivity contribution is 0.502. The number of aryl methyl sites for hydroxylation is 1. The van der Waals surface area contributed by atoms with E-state index in [0.29, 0.717) is 12.0 Å². The van der Waals surface area contributed by atoms with Crippen LogP contribution in [0.25, 0.3) is 0 Å². The summed E-state index contributed by atoms with van der Waals surface area (Å²) >= 11 is 0. The van der Waals surface area contributed by atoms with E-state index < -0.39 is 0 Å². The number of rotatable bonds is 6. The Morgan fingerprint density at radius 3 is 2.42 bits per heavy atom. The first-order valence-corrected chi connectivity index (χ1v) is 7.30. The Bertz CT molecular complexity index is 401. The fourth-order valence-electron chi connectivity index (χ4n) is 2.19. The van der Waals surface area contributed by atoms with Crippen molar-refractivity contribution in [2.75, 3.05) is 11.9 Å². The van der Waals surface area contributed by atoms with Crippen LogP contribution in [0.2, 0.25) is 0 Å². The average Bonchev–Trinajstić information content (AvgIpc) is 2.37. The van der Waals surface area contributed by atoms with Gasteiger partial charge in [-0.25, -0.2) is 4.98 Å². The van der Waals surface area contributed by atoms with Gasteiger partial charge in [0, 0.05) is 25.3 Å². The summed E-state index contributed by atoms with van der Waals surface area (Å²) in [5.74, 6) is 1.69. The molecule has 108 valence electrons. The molecule has 0 aromatic carbocycles. The Labute approximate surface area is 118 Å². The first-order chi connectivity index (χ1) is 8.86. The van der Waals surface area contributed by atoms with E-state index in [1.807, 2.05) is 6.20 Å². The molecule has 3 nitrogen and oxygen atoms in total. The largest absolute Gasteiger partial charge is 0.357 e. The number of hydrogen-bond donors (Lipinski definition) is 1. The summed E-state index contributed by atoms with van der Waals surface area (Å²) in [6, 6.07) is 2.94. The normalized spacial score (nSPS) is 14.5. The number of anilines is 1. The van der Waals surface area contributed by atoms with Gasteiger partial charge in [-0.2, -0.15) is 0 Å². The molecule has 2 unspecified atom stereocenters. The second-order valence-electron chi connectivity index (χ2n) is 5.95. The van der Waals surface area contributed by atoms with Crippen molar-refractivity contribution in [3.8, 4) is 0 Å². The monoisotopic (exact) mass is 263 g/mol. The van der Waals surface area contributed by atoms with Crippen LogP contribution < -0.4 is 10.6 Å². The van der Waals surface area contributed by atoms with Crippen molar-refractivity contribution in [3.63, 3.8) is 0 Å². The number of pyridine rings is 1. The maximum atomic E-state index is 6.00. The molecule has 0 radical (unpaired) electrons. The fraction of sp³-hybridized carbons (Fsp3) is 0.688. The first-order valence-electron chi connectivity index (χ1n) is 7.30. The molecule has 0 bridgehead atoms. The van der Waals surface area contributed by atoms with Crippen molar-refractivity contribution in [2.45, 2.75) is 59.5 Å². The van der Waals surface area contributed by atoms with E-state index in [1.165, 1.54) is 11.1 Å². The van der Waals surface area contributed by atoms with Crippen LogP contribution in [-0.2, 0) is 6.42 Å². The molecule has 0 aliphatic carbocycles. The Kier molecular flexibility index (Phi) is 5.80. The average molecular weight is 263 g/mol. The molecule has 1 aromatic rings. The molecule has 3 heteroatoms. The van der Waals surface area contributed by atoms with Crippen LogP contribution in [0.5, 0.6) is 0 Å². The molecule has 2 N–H and O–H groups in total. The molecule has 1 heterocycles. The van der Waals surface area contributed by atoms with Crippen molar-refractivity contribution in [1.82, 2.24) is 4.98 Å². The molecule has 1 aromatic heterocycles.